The van der Waals surface area contributed by atoms with E-state index in [9.17, 15) is 17.6 Å². The van der Waals surface area contributed by atoms with E-state index < -0.39 is 17.6 Å². The summed E-state index contributed by atoms with van der Waals surface area (Å²) in [6, 6.07) is 2.56. The first kappa shape index (κ1) is 13.0. The fraction of sp³-hybridized carbons (Fsp3) is 0.273. The maximum atomic E-state index is 12.8. The van der Waals surface area contributed by atoms with E-state index in [2.05, 4.69) is 0 Å². The standard InChI is InChI=1S/C11H9ClF4/c1-7(6-12)4-8-2-3-9(13)5-10(8)11(14,15)16/h2-5H,6H2,1H3/b7-4-. The number of halogens is 5. The van der Waals surface area contributed by atoms with Crippen LogP contribution in [0.15, 0.2) is 23.8 Å². The van der Waals surface area contributed by atoms with Crippen LogP contribution < -0.4 is 0 Å². The van der Waals surface area contributed by atoms with E-state index in [4.69, 9.17) is 11.6 Å². The fourth-order valence-electron chi connectivity index (χ4n) is 1.20. The molecule has 16 heavy (non-hydrogen) atoms. The summed E-state index contributed by atoms with van der Waals surface area (Å²) in [6.45, 7) is 1.61. The number of hydrogen-bond acceptors (Lipinski definition) is 0. The molecule has 0 saturated heterocycles. The zero-order chi connectivity index (χ0) is 12.3. The Morgan fingerprint density at radius 3 is 2.50 bits per heavy atom. The van der Waals surface area contributed by atoms with Crippen molar-refractivity contribution in [1.29, 1.82) is 0 Å². The van der Waals surface area contributed by atoms with Crippen LogP contribution in [0.4, 0.5) is 17.6 Å². The zero-order valence-electron chi connectivity index (χ0n) is 8.41. The molecular weight excluding hydrogens is 244 g/mol. The SMILES string of the molecule is C/C(=C/c1ccc(F)cc1C(F)(F)F)CCl. The molecule has 0 saturated carbocycles. The van der Waals surface area contributed by atoms with E-state index >= 15 is 0 Å². The van der Waals surface area contributed by atoms with Gasteiger partial charge in [-0.2, -0.15) is 13.2 Å². The smallest absolute Gasteiger partial charge is 0.207 e. The molecule has 0 heterocycles. The van der Waals surface area contributed by atoms with Crippen molar-refractivity contribution in [2.24, 2.45) is 0 Å². The van der Waals surface area contributed by atoms with Crippen LogP contribution in [-0.4, -0.2) is 5.88 Å². The summed E-state index contributed by atoms with van der Waals surface area (Å²) in [5, 5.41) is 0. The van der Waals surface area contributed by atoms with Crippen molar-refractivity contribution in [3.05, 3.63) is 40.7 Å². The van der Waals surface area contributed by atoms with Gasteiger partial charge in [-0.05, 0) is 24.6 Å². The number of hydrogen-bond donors (Lipinski definition) is 0. The Balaban J connectivity index is 3.29. The second kappa shape index (κ2) is 4.87. The van der Waals surface area contributed by atoms with Crippen molar-refractivity contribution >= 4 is 17.7 Å². The summed E-state index contributed by atoms with van der Waals surface area (Å²) < 4.78 is 50.4. The second-order valence-corrected chi connectivity index (χ2v) is 3.62. The minimum absolute atomic E-state index is 0.0768. The maximum Gasteiger partial charge on any atom is 0.417 e. The third-order valence-electron chi connectivity index (χ3n) is 1.93. The Morgan fingerprint density at radius 1 is 1.38 bits per heavy atom. The lowest BCUT2D eigenvalue weighted by atomic mass is 10.0. The third-order valence-corrected chi connectivity index (χ3v) is 2.35. The second-order valence-electron chi connectivity index (χ2n) is 3.35. The first-order valence-electron chi connectivity index (χ1n) is 4.44. The van der Waals surface area contributed by atoms with E-state index in [0.717, 1.165) is 12.1 Å². The summed E-state index contributed by atoms with van der Waals surface area (Å²) in [5.41, 5.74) is -0.484. The molecule has 0 aromatic heterocycles. The minimum atomic E-state index is -4.57. The molecule has 0 aliphatic heterocycles. The molecule has 1 rings (SSSR count). The highest BCUT2D eigenvalue weighted by atomic mass is 35.5. The lowest BCUT2D eigenvalue weighted by molar-refractivity contribution is -0.137. The highest BCUT2D eigenvalue weighted by Gasteiger charge is 2.33. The third kappa shape index (κ3) is 3.23. The Hall–Kier alpha value is -1.03. The molecule has 0 N–H and O–H groups in total. The van der Waals surface area contributed by atoms with Crippen LogP contribution in [0, 0.1) is 5.82 Å². The summed E-state index contributed by atoms with van der Waals surface area (Å²) >= 11 is 5.48. The molecule has 5 heteroatoms. The van der Waals surface area contributed by atoms with Gasteiger partial charge in [0.15, 0.2) is 0 Å². The molecule has 0 spiro atoms. The van der Waals surface area contributed by atoms with Crippen LogP contribution in [0.3, 0.4) is 0 Å². The predicted molar refractivity (Wildman–Crippen MR) is 55.8 cm³/mol. The molecular formula is C11H9ClF4. The molecule has 0 atom stereocenters. The van der Waals surface area contributed by atoms with Crippen LogP contribution in [-0.2, 0) is 6.18 Å². The molecule has 0 aliphatic rings. The summed E-state index contributed by atoms with van der Waals surface area (Å²) in [4.78, 5) is 0. The van der Waals surface area contributed by atoms with Crippen molar-refractivity contribution < 1.29 is 17.6 Å². The molecule has 88 valence electrons. The lowest BCUT2D eigenvalue weighted by Crippen LogP contribution is -2.08. The topological polar surface area (TPSA) is 0 Å². The highest BCUT2D eigenvalue weighted by molar-refractivity contribution is 6.19. The first-order chi connectivity index (χ1) is 7.34. The van der Waals surface area contributed by atoms with Crippen molar-refractivity contribution in [2.75, 3.05) is 5.88 Å². The molecule has 0 amide bonds. The molecule has 0 nitrogen and oxygen atoms in total. The molecule has 0 aliphatic carbocycles. The van der Waals surface area contributed by atoms with Crippen molar-refractivity contribution in [3.8, 4) is 0 Å². The Morgan fingerprint density at radius 2 is 2.00 bits per heavy atom. The van der Waals surface area contributed by atoms with Gasteiger partial charge in [-0.25, -0.2) is 4.39 Å². The molecule has 0 unspecified atom stereocenters. The minimum Gasteiger partial charge on any atom is -0.207 e. The van der Waals surface area contributed by atoms with Crippen LogP contribution >= 0.6 is 11.6 Å². The monoisotopic (exact) mass is 252 g/mol. The molecule has 1 aromatic carbocycles. The summed E-state index contributed by atoms with van der Waals surface area (Å²) in [7, 11) is 0. The van der Waals surface area contributed by atoms with Crippen molar-refractivity contribution in [2.45, 2.75) is 13.1 Å². The van der Waals surface area contributed by atoms with E-state index in [1.807, 2.05) is 0 Å². The van der Waals surface area contributed by atoms with E-state index in [0.29, 0.717) is 11.6 Å². The Labute approximate surface area is 95.5 Å². The van der Waals surface area contributed by atoms with Gasteiger partial charge in [0.25, 0.3) is 0 Å². The molecule has 1 aromatic rings. The van der Waals surface area contributed by atoms with Crippen LogP contribution in [0.5, 0.6) is 0 Å². The van der Waals surface area contributed by atoms with Gasteiger partial charge < -0.3 is 0 Å². The zero-order valence-corrected chi connectivity index (χ0v) is 9.16. The van der Waals surface area contributed by atoms with Gasteiger partial charge in [-0.15, -0.1) is 11.6 Å². The van der Waals surface area contributed by atoms with Crippen LogP contribution in [0.25, 0.3) is 6.08 Å². The predicted octanol–water partition coefficient (Wildman–Crippen LogP) is 4.49. The van der Waals surface area contributed by atoms with Crippen LogP contribution in [0.2, 0.25) is 0 Å². The van der Waals surface area contributed by atoms with Gasteiger partial charge in [-0.3, -0.25) is 0 Å². The van der Waals surface area contributed by atoms with Gasteiger partial charge in [0.1, 0.15) is 5.82 Å². The molecule has 0 bridgehead atoms. The average Bonchev–Trinajstić information content (AvgIpc) is 2.19. The average molecular weight is 253 g/mol. The van der Waals surface area contributed by atoms with E-state index in [1.54, 1.807) is 6.92 Å². The van der Waals surface area contributed by atoms with E-state index in [-0.39, 0.29) is 11.4 Å². The lowest BCUT2D eigenvalue weighted by Gasteiger charge is -2.10. The quantitative estimate of drug-likeness (QED) is 0.537. The molecule has 0 fully saturated rings. The Kier molecular flexibility index (Phi) is 3.97. The number of benzene rings is 1. The highest BCUT2D eigenvalue weighted by Crippen LogP contribution is 2.33. The van der Waals surface area contributed by atoms with Gasteiger partial charge in [0.2, 0.25) is 0 Å². The Bertz CT molecular complexity index is 407. The largest absolute Gasteiger partial charge is 0.417 e. The van der Waals surface area contributed by atoms with Crippen molar-refractivity contribution in [3.63, 3.8) is 0 Å². The molecule has 0 radical (unpaired) electrons. The van der Waals surface area contributed by atoms with E-state index in [1.165, 1.54) is 6.08 Å². The maximum absolute atomic E-state index is 12.8. The van der Waals surface area contributed by atoms with Crippen LogP contribution in [0.1, 0.15) is 18.1 Å². The number of alkyl halides is 4. The first-order valence-corrected chi connectivity index (χ1v) is 4.98. The van der Waals surface area contributed by atoms with Gasteiger partial charge in [0, 0.05) is 5.88 Å². The normalized spacial score (nSPS) is 13.0. The van der Waals surface area contributed by atoms with Gasteiger partial charge >= 0.3 is 6.18 Å². The van der Waals surface area contributed by atoms with Crippen molar-refractivity contribution in [1.82, 2.24) is 0 Å². The van der Waals surface area contributed by atoms with Gasteiger partial charge in [-0.1, -0.05) is 17.7 Å². The fourth-order valence-corrected chi connectivity index (χ4v) is 1.28. The number of allylic oxidation sites excluding steroid dienone is 1. The number of rotatable bonds is 2. The van der Waals surface area contributed by atoms with Gasteiger partial charge in [0.05, 0.1) is 5.56 Å². The summed E-state index contributed by atoms with van der Waals surface area (Å²) in [6.07, 6.45) is -3.27. The summed E-state index contributed by atoms with van der Waals surface area (Å²) in [5.74, 6) is -0.776.